The Labute approximate surface area is 178 Å². The van der Waals surface area contributed by atoms with E-state index >= 15 is 0 Å². The van der Waals surface area contributed by atoms with E-state index in [1.165, 1.54) is 12.1 Å². The van der Waals surface area contributed by atoms with E-state index in [2.05, 4.69) is 0 Å². The van der Waals surface area contributed by atoms with Crippen molar-refractivity contribution in [2.45, 2.75) is 44.0 Å². The minimum absolute atomic E-state index is 0. The quantitative estimate of drug-likeness (QED) is 0.486. The SMILES string of the molecule is C.O=C(NO)C(CCS(=O)(=O)c1ccc(Oc2ccccc2)cc1)N1CCCCC1. The summed E-state index contributed by atoms with van der Waals surface area (Å²) in [5.74, 6) is 0.470. The number of nitrogens with one attached hydrogen (secondary N) is 1. The number of rotatable bonds is 8. The molecule has 1 amide bonds. The summed E-state index contributed by atoms with van der Waals surface area (Å²) in [5.41, 5.74) is 1.68. The standard InChI is InChI=1S/C21H26N2O5S.CH4/c24-21(22-25)20(23-14-5-2-6-15-23)13-16-29(26,27)19-11-9-18(10-12-19)28-17-7-3-1-4-8-17;/h1,3-4,7-12,20,25H,2,5-6,13-16H2,(H,22,24);1H4. The third-order valence-electron chi connectivity index (χ3n) is 5.07. The van der Waals surface area contributed by atoms with Crippen molar-refractivity contribution in [1.29, 1.82) is 0 Å². The summed E-state index contributed by atoms with van der Waals surface area (Å²) in [7, 11) is -3.57. The number of carbonyl (C=O) groups excluding carboxylic acids is 1. The molecule has 8 heteroatoms. The first-order chi connectivity index (χ1) is 14.0. The fourth-order valence-corrected chi connectivity index (χ4v) is 4.83. The monoisotopic (exact) mass is 434 g/mol. The molecule has 1 aliphatic heterocycles. The molecule has 7 nitrogen and oxygen atoms in total. The van der Waals surface area contributed by atoms with Crippen molar-refractivity contribution in [3.63, 3.8) is 0 Å². The van der Waals surface area contributed by atoms with Crippen LogP contribution in [0.1, 0.15) is 33.1 Å². The van der Waals surface area contributed by atoms with Gasteiger partial charge in [0.2, 0.25) is 0 Å². The lowest BCUT2D eigenvalue weighted by molar-refractivity contribution is -0.135. The molecular weight excluding hydrogens is 404 g/mol. The first-order valence-electron chi connectivity index (χ1n) is 9.73. The number of piperidine rings is 1. The number of hydrogen-bond acceptors (Lipinski definition) is 6. The van der Waals surface area contributed by atoms with Gasteiger partial charge >= 0.3 is 0 Å². The number of hydroxylamine groups is 1. The van der Waals surface area contributed by atoms with Gasteiger partial charge in [0.15, 0.2) is 9.84 Å². The molecule has 1 aliphatic rings. The smallest absolute Gasteiger partial charge is 0.260 e. The summed E-state index contributed by atoms with van der Waals surface area (Å²) >= 11 is 0. The number of carbonyl (C=O) groups is 1. The van der Waals surface area contributed by atoms with E-state index in [1.54, 1.807) is 17.6 Å². The van der Waals surface area contributed by atoms with Crippen LogP contribution in [0.15, 0.2) is 59.5 Å². The molecule has 0 aromatic heterocycles. The van der Waals surface area contributed by atoms with Crippen LogP contribution in [0, 0.1) is 0 Å². The van der Waals surface area contributed by atoms with Crippen LogP contribution >= 0.6 is 0 Å². The molecule has 164 valence electrons. The van der Waals surface area contributed by atoms with E-state index in [0.29, 0.717) is 11.5 Å². The Bertz CT molecular complexity index is 895. The fourth-order valence-electron chi connectivity index (χ4n) is 3.51. The maximum Gasteiger partial charge on any atom is 0.260 e. The lowest BCUT2D eigenvalue weighted by atomic mass is 10.1. The first kappa shape index (κ1) is 23.9. The molecule has 2 aromatic rings. The zero-order valence-electron chi connectivity index (χ0n) is 16.2. The molecular formula is C22H30N2O5S. The molecule has 1 unspecified atom stereocenters. The normalized spacial score (nSPS) is 15.6. The van der Waals surface area contributed by atoms with Crippen molar-refractivity contribution >= 4 is 15.7 Å². The van der Waals surface area contributed by atoms with Crippen LogP contribution in [0.5, 0.6) is 11.5 Å². The zero-order valence-corrected chi connectivity index (χ0v) is 17.0. The van der Waals surface area contributed by atoms with Crippen LogP contribution < -0.4 is 10.2 Å². The van der Waals surface area contributed by atoms with Crippen LogP contribution in [0.3, 0.4) is 0 Å². The molecule has 0 aliphatic carbocycles. The van der Waals surface area contributed by atoms with Gasteiger partial charge in [-0.25, -0.2) is 13.9 Å². The van der Waals surface area contributed by atoms with Crippen LogP contribution in [-0.4, -0.2) is 49.3 Å². The van der Waals surface area contributed by atoms with E-state index in [4.69, 9.17) is 9.94 Å². The Morgan fingerprint density at radius 1 is 1.00 bits per heavy atom. The maximum absolute atomic E-state index is 12.7. The van der Waals surface area contributed by atoms with Gasteiger partial charge in [-0.3, -0.25) is 14.9 Å². The Balaban J connectivity index is 0.00000320. The van der Waals surface area contributed by atoms with Crippen molar-refractivity contribution in [2.75, 3.05) is 18.8 Å². The van der Waals surface area contributed by atoms with E-state index in [9.17, 15) is 13.2 Å². The minimum Gasteiger partial charge on any atom is -0.457 e. The predicted molar refractivity (Wildman–Crippen MR) is 116 cm³/mol. The largest absolute Gasteiger partial charge is 0.457 e. The van der Waals surface area contributed by atoms with Gasteiger partial charge in [0.1, 0.15) is 11.5 Å². The second-order valence-corrected chi connectivity index (χ2v) is 9.19. The van der Waals surface area contributed by atoms with Crippen molar-refractivity contribution in [2.24, 2.45) is 0 Å². The van der Waals surface area contributed by atoms with Gasteiger partial charge in [0, 0.05) is 0 Å². The second-order valence-electron chi connectivity index (χ2n) is 7.08. The van der Waals surface area contributed by atoms with E-state index < -0.39 is 21.8 Å². The van der Waals surface area contributed by atoms with Gasteiger partial charge in [-0.1, -0.05) is 32.0 Å². The second kappa shape index (κ2) is 11.1. The molecule has 2 N–H and O–H groups in total. The molecule has 0 spiro atoms. The summed E-state index contributed by atoms with van der Waals surface area (Å²) in [4.78, 5) is 14.2. The van der Waals surface area contributed by atoms with Crippen molar-refractivity contribution in [3.8, 4) is 11.5 Å². The number of likely N-dealkylation sites (tertiary alicyclic amines) is 1. The Morgan fingerprint density at radius 3 is 2.20 bits per heavy atom. The third kappa shape index (κ3) is 6.29. The van der Waals surface area contributed by atoms with Gasteiger partial charge in [-0.05, 0) is 68.8 Å². The molecule has 30 heavy (non-hydrogen) atoms. The molecule has 0 radical (unpaired) electrons. The Morgan fingerprint density at radius 2 is 1.60 bits per heavy atom. The summed E-state index contributed by atoms with van der Waals surface area (Å²) in [6.45, 7) is 1.45. The predicted octanol–water partition coefficient (Wildman–Crippen LogP) is 3.64. The number of amides is 1. The Hall–Kier alpha value is -2.42. The lowest BCUT2D eigenvalue weighted by Crippen LogP contribution is -2.48. The number of para-hydroxylation sites is 1. The van der Waals surface area contributed by atoms with Gasteiger partial charge in [0.25, 0.3) is 5.91 Å². The van der Waals surface area contributed by atoms with E-state index in [-0.39, 0.29) is 24.5 Å². The average Bonchev–Trinajstić information content (AvgIpc) is 2.75. The fraction of sp³-hybridized carbons (Fsp3) is 0.409. The highest BCUT2D eigenvalue weighted by Crippen LogP contribution is 2.24. The van der Waals surface area contributed by atoms with Crippen molar-refractivity contribution in [1.82, 2.24) is 10.4 Å². The van der Waals surface area contributed by atoms with E-state index in [0.717, 1.165) is 32.4 Å². The molecule has 0 bridgehead atoms. The van der Waals surface area contributed by atoms with Crippen molar-refractivity contribution in [3.05, 3.63) is 54.6 Å². The molecule has 1 heterocycles. The maximum atomic E-state index is 12.7. The highest BCUT2D eigenvalue weighted by atomic mass is 32.2. The zero-order chi connectivity index (χ0) is 20.7. The van der Waals surface area contributed by atoms with Gasteiger partial charge in [-0.2, -0.15) is 0 Å². The number of nitrogens with zero attached hydrogens (tertiary/aromatic N) is 1. The van der Waals surface area contributed by atoms with Crippen LogP contribution in [0.25, 0.3) is 0 Å². The molecule has 1 saturated heterocycles. The third-order valence-corrected chi connectivity index (χ3v) is 6.83. The summed E-state index contributed by atoms with van der Waals surface area (Å²) in [6.07, 6.45) is 3.15. The number of sulfone groups is 1. The number of hydrogen-bond donors (Lipinski definition) is 2. The summed E-state index contributed by atoms with van der Waals surface area (Å²) in [5, 5.41) is 9.04. The van der Waals surface area contributed by atoms with Gasteiger partial charge < -0.3 is 4.74 Å². The highest BCUT2D eigenvalue weighted by molar-refractivity contribution is 7.91. The number of ether oxygens (including phenoxy) is 1. The minimum atomic E-state index is -3.57. The van der Waals surface area contributed by atoms with Gasteiger partial charge in [0.05, 0.1) is 16.7 Å². The summed E-state index contributed by atoms with van der Waals surface area (Å²) < 4.78 is 31.2. The highest BCUT2D eigenvalue weighted by Gasteiger charge is 2.29. The first-order valence-corrected chi connectivity index (χ1v) is 11.4. The van der Waals surface area contributed by atoms with Gasteiger partial charge in [-0.15, -0.1) is 0 Å². The van der Waals surface area contributed by atoms with Crippen LogP contribution in [0.4, 0.5) is 0 Å². The Kier molecular flexibility index (Phi) is 8.83. The molecule has 3 rings (SSSR count). The van der Waals surface area contributed by atoms with E-state index in [1.807, 2.05) is 35.2 Å². The number of benzene rings is 2. The lowest BCUT2D eigenvalue weighted by Gasteiger charge is -2.33. The topological polar surface area (TPSA) is 95.9 Å². The molecule has 0 saturated carbocycles. The molecule has 1 atom stereocenters. The molecule has 2 aromatic carbocycles. The summed E-state index contributed by atoms with van der Waals surface area (Å²) in [6, 6.07) is 14.8. The van der Waals surface area contributed by atoms with Crippen LogP contribution in [-0.2, 0) is 14.6 Å². The van der Waals surface area contributed by atoms with Crippen molar-refractivity contribution < 1.29 is 23.2 Å². The van der Waals surface area contributed by atoms with Crippen LogP contribution in [0.2, 0.25) is 0 Å². The average molecular weight is 435 g/mol. The molecule has 1 fully saturated rings.